The van der Waals surface area contributed by atoms with E-state index in [2.05, 4.69) is 29.4 Å². The van der Waals surface area contributed by atoms with Crippen LogP contribution in [0.2, 0.25) is 0 Å². The molecule has 2 aromatic heterocycles. The van der Waals surface area contributed by atoms with Crippen LogP contribution in [0.4, 0.5) is 0 Å². The van der Waals surface area contributed by atoms with E-state index in [0.29, 0.717) is 6.54 Å². The Kier molecular flexibility index (Phi) is 4.89. The van der Waals surface area contributed by atoms with E-state index in [-0.39, 0.29) is 17.7 Å². The number of fused-ring (bicyclic) bond motifs is 1. The lowest BCUT2D eigenvalue weighted by Crippen LogP contribution is -2.32. The zero-order valence-corrected chi connectivity index (χ0v) is 14.0. The molecule has 2 atom stereocenters. The van der Waals surface area contributed by atoms with Gasteiger partial charge in [0.1, 0.15) is 0 Å². The van der Waals surface area contributed by atoms with Crippen molar-refractivity contribution in [2.75, 3.05) is 0 Å². The highest BCUT2D eigenvalue weighted by Gasteiger charge is 2.25. The van der Waals surface area contributed by atoms with Gasteiger partial charge in [0.05, 0.1) is 12.5 Å². The first kappa shape index (κ1) is 16.2. The van der Waals surface area contributed by atoms with Gasteiger partial charge in [-0.15, -0.1) is 10.2 Å². The molecule has 0 fully saturated rings. The number of aromatic nitrogens is 3. The predicted octanol–water partition coefficient (Wildman–Crippen LogP) is 3.18. The fourth-order valence-corrected chi connectivity index (χ4v) is 2.92. The van der Waals surface area contributed by atoms with Crippen LogP contribution in [0.1, 0.15) is 37.6 Å². The van der Waals surface area contributed by atoms with Crippen molar-refractivity contribution in [3.8, 4) is 0 Å². The van der Waals surface area contributed by atoms with Gasteiger partial charge in [-0.2, -0.15) is 0 Å². The number of nitrogens with zero attached hydrogens (tertiary/aromatic N) is 3. The van der Waals surface area contributed by atoms with Crippen molar-refractivity contribution in [1.82, 2.24) is 19.9 Å². The molecular formula is C19H22N4O. The van der Waals surface area contributed by atoms with Crippen LogP contribution >= 0.6 is 0 Å². The van der Waals surface area contributed by atoms with E-state index in [1.54, 1.807) is 0 Å². The van der Waals surface area contributed by atoms with Crippen molar-refractivity contribution < 1.29 is 4.79 Å². The summed E-state index contributed by atoms with van der Waals surface area (Å²) in [6, 6.07) is 15.7. The molecule has 0 saturated carbocycles. The molecule has 1 amide bonds. The Morgan fingerprint density at radius 1 is 1.12 bits per heavy atom. The van der Waals surface area contributed by atoms with Gasteiger partial charge in [0.2, 0.25) is 5.91 Å². The maximum atomic E-state index is 12.8. The minimum Gasteiger partial charge on any atom is -0.348 e. The van der Waals surface area contributed by atoms with Crippen molar-refractivity contribution in [3.05, 3.63) is 66.1 Å². The van der Waals surface area contributed by atoms with Gasteiger partial charge in [0.25, 0.3) is 0 Å². The topological polar surface area (TPSA) is 59.3 Å². The molecule has 5 nitrogen and oxygen atoms in total. The maximum absolute atomic E-state index is 12.8. The Morgan fingerprint density at radius 3 is 2.62 bits per heavy atom. The number of rotatable bonds is 6. The third-order valence-corrected chi connectivity index (χ3v) is 4.46. The molecule has 0 aliphatic carbocycles. The number of nitrogens with one attached hydrogen (secondary N) is 1. The molecule has 1 N–H and O–H groups in total. The first-order valence-electron chi connectivity index (χ1n) is 8.32. The SMILES string of the molecule is CCC(C)C(C(=O)NCc1nnc2ccccn12)c1ccccc1. The van der Waals surface area contributed by atoms with E-state index in [9.17, 15) is 4.79 Å². The third kappa shape index (κ3) is 3.30. The molecule has 1 aromatic carbocycles. The number of hydrogen-bond donors (Lipinski definition) is 1. The van der Waals surface area contributed by atoms with Gasteiger partial charge in [-0.1, -0.05) is 56.7 Å². The number of carbonyl (C=O) groups is 1. The van der Waals surface area contributed by atoms with E-state index in [0.717, 1.165) is 23.5 Å². The van der Waals surface area contributed by atoms with Gasteiger partial charge in [0.15, 0.2) is 11.5 Å². The molecule has 2 unspecified atom stereocenters. The summed E-state index contributed by atoms with van der Waals surface area (Å²) in [6.07, 6.45) is 2.85. The first-order chi connectivity index (χ1) is 11.7. The Morgan fingerprint density at radius 2 is 1.88 bits per heavy atom. The molecule has 0 aliphatic rings. The zero-order chi connectivity index (χ0) is 16.9. The predicted molar refractivity (Wildman–Crippen MR) is 93.5 cm³/mol. The summed E-state index contributed by atoms with van der Waals surface area (Å²) < 4.78 is 1.89. The Balaban J connectivity index is 1.76. The van der Waals surface area contributed by atoms with Crippen molar-refractivity contribution in [2.24, 2.45) is 5.92 Å². The van der Waals surface area contributed by atoms with Crippen molar-refractivity contribution in [2.45, 2.75) is 32.7 Å². The summed E-state index contributed by atoms with van der Waals surface area (Å²) in [5.74, 6) is 0.871. The molecule has 24 heavy (non-hydrogen) atoms. The maximum Gasteiger partial charge on any atom is 0.228 e. The second-order valence-electron chi connectivity index (χ2n) is 6.04. The molecule has 2 heterocycles. The van der Waals surface area contributed by atoms with Gasteiger partial charge in [0, 0.05) is 6.20 Å². The summed E-state index contributed by atoms with van der Waals surface area (Å²) in [5, 5.41) is 11.3. The molecule has 5 heteroatoms. The number of pyridine rings is 1. The molecule has 124 valence electrons. The van der Waals surface area contributed by atoms with Crippen LogP contribution in [0.15, 0.2) is 54.7 Å². The molecule has 0 spiro atoms. The third-order valence-electron chi connectivity index (χ3n) is 4.46. The van der Waals surface area contributed by atoms with Gasteiger partial charge in [-0.25, -0.2) is 0 Å². The van der Waals surface area contributed by atoms with Crippen LogP contribution in [-0.2, 0) is 11.3 Å². The highest BCUT2D eigenvalue weighted by atomic mass is 16.1. The molecule has 0 saturated heterocycles. The van der Waals surface area contributed by atoms with Gasteiger partial charge < -0.3 is 5.32 Å². The Hall–Kier alpha value is -2.69. The van der Waals surface area contributed by atoms with Crippen molar-refractivity contribution >= 4 is 11.6 Å². The van der Waals surface area contributed by atoms with E-state index in [4.69, 9.17) is 0 Å². The quantitative estimate of drug-likeness (QED) is 0.758. The zero-order valence-electron chi connectivity index (χ0n) is 14.0. The van der Waals surface area contributed by atoms with Crippen LogP contribution < -0.4 is 5.32 Å². The standard InChI is InChI=1S/C19H22N4O/c1-3-14(2)18(15-9-5-4-6-10-15)19(24)20-13-17-22-21-16-11-7-8-12-23(16)17/h4-12,14,18H,3,13H2,1-2H3,(H,20,24). The normalized spacial score (nSPS) is 13.6. The molecule has 3 aromatic rings. The molecular weight excluding hydrogens is 300 g/mol. The molecule has 0 radical (unpaired) electrons. The Bertz CT molecular complexity index is 812. The largest absolute Gasteiger partial charge is 0.348 e. The Labute approximate surface area is 141 Å². The van der Waals surface area contributed by atoms with E-state index in [1.807, 2.05) is 59.1 Å². The van der Waals surface area contributed by atoms with Crippen LogP contribution in [0.3, 0.4) is 0 Å². The summed E-state index contributed by atoms with van der Waals surface area (Å²) in [5.41, 5.74) is 1.83. The fraction of sp³-hybridized carbons (Fsp3) is 0.316. The van der Waals surface area contributed by atoms with E-state index in [1.165, 1.54) is 0 Å². The second kappa shape index (κ2) is 7.25. The van der Waals surface area contributed by atoms with Crippen LogP contribution in [0, 0.1) is 5.92 Å². The number of benzene rings is 1. The number of amides is 1. The summed E-state index contributed by atoms with van der Waals surface area (Å²) in [4.78, 5) is 12.8. The average Bonchev–Trinajstić information content (AvgIpc) is 3.04. The lowest BCUT2D eigenvalue weighted by atomic mass is 9.85. The second-order valence-corrected chi connectivity index (χ2v) is 6.04. The highest BCUT2D eigenvalue weighted by molar-refractivity contribution is 5.83. The molecule has 0 aliphatic heterocycles. The molecule has 0 bridgehead atoms. The van der Waals surface area contributed by atoms with E-state index >= 15 is 0 Å². The van der Waals surface area contributed by atoms with Crippen molar-refractivity contribution in [3.63, 3.8) is 0 Å². The highest BCUT2D eigenvalue weighted by Crippen LogP contribution is 2.27. The van der Waals surface area contributed by atoms with Gasteiger partial charge in [-0.3, -0.25) is 9.20 Å². The minimum atomic E-state index is -0.157. The smallest absolute Gasteiger partial charge is 0.228 e. The minimum absolute atomic E-state index is 0.0308. The van der Waals surface area contributed by atoms with Crippen LogP contribution in [0.5, 0.6) is 0 Å². The van der Waals surface area contributed by atoms with E-state index < -0.39 is 0 Å². The van der Waals surface area contributed by atoms with Crippen molar-refractivity contribution in [1.29, 1.82) is 0 Å². The van der Waals surface area contributed by atoms with Crippen LogP contribution in [-0.4, -0.2) is 20.5 Å². The summed E-state index contributed by atoms with van der Waals surface area (Å²) in [7, 11) is 0. The fourth-order valence-electron chi connectivity index (χ4n) is 2.92. The number of carbonyl (C=O) groups excluding carboxylic acids is 1. The monoisotopic (exact) mass is 322 g/mol. The van der Waals surface area contributed by atoms with Crippen LogP contribution in [0.25, 0.3) is 5.65 Å². The van der Waals surface area contributed by atoms with Gasteiger partial charge >= 0.3 is 0 Å². The summed E-state index contributed by atoms with van der Waals surface area (Å²) in [6.45, 7) is 4.59. The lowest BCUT2D eigenvalue weighted by molar-refractivity contribution is -0.123. The average molecular weight is 322 g/mol. The molecule has 3 rings (SSSR count). The number of hydrogen-bond acceptors (Lipinski definition) is 3. The first-order valence-corrected chi connectivity index (χ1v) is 8.32. The van der Waals surface area contributed by atoms with Gasteiger partial charge in [-0.05, 0) is 23.6 Å². The lowest BCUT2D eigenvalue weighted by Gasteiger charge is -2.22. The summed E-state index contributed by atoms with van der Waals surface area (Å²) >= 11 is 0.